The molecule has 0 aromatic heterocycles. The molecule has 0 saturated carbocycles. The van der Waals surface area contributed by atoms with Gasteiger partial charge < -0.3 is 9.47 Å². The van der Waals surface area contributed by atoms with Crippen LogP contribution in [0.15, 0.2) is 29.8 Å². The van der Waals surface area contributed by atoms with Gasteiger partial charge in [-0.05, 0) is 25.0 Å². The maximum absolute atomic E-state index is 11.9. The average molecular weight is 321 g/mol. The first-order chi connectivity index (χ1) is 11.0. The second-order valence-electron chi connectivity index (χ2n) is 4.71. The SMILES string of the molecule is CCCOCCOC(=O)/C(=C/c1cccc([N+](=O)[O-])c1)C(C)=O. The molecule has 0 N–H and O–H groups in total. The molecule has 0 aliphatic carbocycles. The summed E-state index contributed by atoms with van der Waals surface area (Å²) in [7, 11) is 0. The third-order valence-corrected chi connectivity index (χ3v) is 2.80. The van der Waals surface area contributed by atoms with E-state index in [1.165, 1.54) is 31.2 Å². The number of hydrogen-bond donors (Lipinski definition) is 0. The molecule has 0 heterocycles. The lowest BCUT2D eigenvalue weighted by atomic mass is 10.1. The first kappa shape index (κ1) is 18.5. The van der Waals surface area contributed by atoms with E-state index >= 15 is 0 Å². The van der Waals surface area contributed by atoms with Crippen molar-refractivity contribution in [2.24, 2.45) is 0 Å². The van der Waals surface area contributed by atoms with E-state index in [2.05, 4.69) is 0 Å². The predicted octanol–water partition coefficient (Wildman–Crippen LogP) is 2.54. The molecule has 1 aromatic carbocycles. The van der Waals surface area contributed by atoms with Crippen LogP contribution in [0, 0.1) is 10.1 Å². The molecule has 0 amide bonds. The third kappa shape index (κ3) is 6.39. The molecule has 0 radical (unpaired) electrons. The Hall–Kier alpha value is -2.54. The predicted molar refractivity (Wildman–Crippen MR) is 83.8 cm³/mol. The van der Waals surface area contributed by atoms with Crippen LogP contribution in [0.5, 0.6) is 0 Å². The minimum Gasteiger partial charge on any atom is -0.460 e. The van der Waals surface area contributed by atoms with Gasteiger partial charge in [0.25, 0.3) is 5.69 Å². The fourth-order valence-electron chi connectivity index (χ4n) is 1.72. The second kappa shape index (κ2) is 9.47. The molecule has 0 aliphatic heterocycles. The summed E-state index contributed by atoms with van der Waals surface area (Å²) in [5.41, 5.74) is 0.0903. The third-order valence-electron chi connectivity index (χ3n) is 2.80. The van der Waals surface area contributed by atoms with E-state index in [1.807, 2.05) is 6.92 Å². The Labute approximate surface area is 134 Å². The minimum absolute atomic E-state index is 0.0401. The number of carbonyl (C=O) groups is 2. The maximum atomic E-state index is 11.9. The molecule has 124 valence electrons. The standard InChI is InChI=1S/C16H19NO6/c1-3-7-22-8-9-23-16(19)15(12(2)18)11-13-5-4-6-14(10-13)17(20)21/h4-6,10-11H,3,7-9H2,1-2H3/b15-11+. The van der Waals surface area contributed by atoms with E-state index < -0.39 is 16.7 Å². The summed E-state index contributed by atoms with van der Waals surface area (Å²) >= 11 is 0. The van der Waals surface area contributed by atoms with Gasteiger partial charge in [-0.1, -0.05) is 19.1 Å². The summed E-state index contributed by atoms with van der Waals surface area (Å²) in [6, 6.07) is 5.65. The van der Waals surface area contributed by atoms with Gasteiger partial charge in [-0.25, -0.2) is 4.79 Å². The Morgan fingerprint density at radius 1 is 1.26 bits per heavy atom. The summed E-state index contributed by atoms with van der Waals surface area (Å²) in [5, 5.41) is 10.7. The van der Waals surface area contributed by atoms with Crippen molar-refractivity contribution in [3.63, 3.8) is 0 Å². The summed E-state index contributed by atoms with van der Waals surface area (Å²) in [6.07, 6.45) is 2.14. The summed E-state index contributed by atoms with van der Waals surface area (Å²) in [5.74, 6) is -1.25. The molecule has 0 unspecified atom stereocenters. The van der Waals surface area contributed by atoms with E-state index in [1.54, 1.807) is 6.07 Å². The number of non-ortho nitro benzene ring substituents is 1. The number of nitro benzene ring substituents is 1. The molecule has 7 heteroatoms. The normalized spacial score (nSPS) is 11.1. The molecule has 1 aromatic rings. The molecule has 0 saturated heterocycles. The first-order valence-electron chi connectivity index (χ1n) is 7.17. The molecule has 1 rings (SSSR count). The number of ether oxygens (including phenoxy) is 2. The van der Waals surface area contributed by atoms with E-state index in [9.17, 15) is 19.7 Å². The van der Waals surface area contributed by atoms with Gasteiger partial charge >= 0.3 is 5.97 Å². The van der Waals surface area contributed by atoms with Crippen LogP contribution < -0.4 is 0 Å². The molecule has 0 spiro atoms. The number of Topliss-reactive ketones (excluding diaryl/α,β-unsaturated/α-hetero) is 1. The zero-order valence-corrected chi connectivity index (χ0v) is 13.1. The highest BCUT2D eigenvalue weighted by Gasteiger charge is 2.16. The van der Waals surface area contributed by atoms with E-state index in [-0.39, 0.29) is 24.5 Å². The monoisotopic (exact) mass is 321 g/mol. The number of esters is 1. The van der Waals surface area contributed by atoms with Crippen molar-refractivity contribution in [2.45, 2.75) is 20.3 Å². The largest absolute Gasteiger partial charge is 0.460 e. The van der Waals surface area contributed by atoms with Crippen molar-refractivity contribution in [1.82, 2.24) is 0 Å². The molecule has 0 atom stereocenters. The lowest BCUT2D eigenvalue weighted by molar-refractivity contribution is -0.384. The van der Waals surface area contributed by atoms with Crippen LogP contribution in [-0.2, 0) is 19.1 Å². The Morgan fingerprint density at radius 2 is 2.00 bits per heavy atom. The number of carbonyl (C=O) groups excluding carboxylic acids is 2. The van der Waals surface area contributed by atoms with Crippen LogP contribution in [0.1, 0.15) is 25.8 Å². The molecule has 0 fully saturated rings. The van der Waals surface area contributed by atoms with Gasteiger partial charge in [0, 0.05) is 18.7 Å². The van der Waals surface area contributed by atoms with Gasteiger partial charge in [0.05, 0.1) is 11.5 Å². The van der Waals surface area contributed by atoms with Gasteiger partial charge in [0.2, 0.25) is 0 Å². The van der Waals surface area contributed by atoms with Crippen molar-refractivity contribution in [3.8, 4) is 0 Å². The van der Waals surface area contributed by atoms with Crippen LogP contribution in [0.3, 0.4) is 0 Å². The van der Waals surface area contributed by atoms with Gasteiger partial charge in [0.1, 0.15) is 12.2 Å². The average Bonchev–Trinajstić information content (AvgIpc) is 2.52. The van der Waals surface area contributed by atoms with Gasteiger partial charge in [-0.3, -0.25) is 14.9 Å². The fraction of sp³-hybridized carbons (Fsp3) is 0.375. The molecular weight excluding hydrogens is 302 g/mol. The zero-order valence-electron chi connectivity index (χ0n) is 13.1. The molecule has 0 aliphatic rings. The lowest BCUT2D eigenvalue weighted by Crippen LogP contribution is -2.16. The highest BCUT2D eigenvalue weighted by atomic mass is 16.6. The Morgan fingerprint density at radius 3 is 2.61 bits per heavy atom. The molecule has 23 heavy (non-hydrogen) atoms. The lowest BCUT2D eigenvalue weighted by Gasteiger charge is -2.07. The number of ketones is 1. The Bertz CT molecular complexity index is 608. The van der Waals surface area contributed by atoms with Crippen LogP contribution >= 0.6 is 0 Å². The van der Waals surface area contributed by atoms with Crippen molar-refractivity contribution >= 4 is 23.5 Å². The smallest absolute Gasteiger partial charge is 0.341 e. The van der Waals surface area contributed by atoms with E-state index in [0.29, 0.717) is 12.2 Å². The zero-order chi connectivity index (χ0) is 17.2. The first-order valence-corrected chi connectivity index (χ1v) is 7.17. The van der Waals surface area contributed by atoms with Gasteiger partial charge in [-0.15, -0.1) is 0 Å². The topological polar surface area (TPSA) is 95.7 Å². The highest BCUT2D eigenvalue weighted by molar-refractivity contribution is 6.19. The molecule has 7 nitrogen and oxygen atoms in total. The van der Waals surface area contributed by atoms with Crippen molar-refractivity contribution in [3.05, 3.63) is 45.5 Å². The quantitative estimate of drug-likeness (QED) is 0.132. The van der Waals surface area contributed by atoms with Gasteiger partial charge in [0.15, 0.2) is 5.78 Å². The Kier molecular flexibility index (Phi) is 7.62. The Balaban J connectivity index is 2.81. The minimum atomic E-state index is -0.774. The van der Waals surface area contributed by atoms with Crippen LogP contribution in [0.25, 0.3) is 6.08 Å². The fourth-order valence-corrected chi connectivity index (χ4v) is 1.72. The number of nitro groups is 1. The maximum Gasteiger partial charge on any atom is 0.341 e. The van der Waals surface area contributed by atoms with Crippen molar-refractivity contribution in [1.29, 1.82) is 0 Å². The van der Waals surface area contributed by atoms with Gasteiger partial charge in [-0.2, -0.15) is 0 Å². The van der Waals surface area contributed by atoms with Crippen LogP contribution in [0.2, 0.25) is 0 Å². The van der Waals surface area contributed by atoms with E-state index in [4.69, 9.17) is 9.47 Å². The van der Waals surface area contributed by atoms with Crippen LogP contribution in [0.4, 0.5) is 5.69 Å². The highest BCUT2D eigenvalue weighted by Crippen LogP contribution is 2.16. The summed E-state index contributed by atoms with van der Waals surface area (Å²) < 4.78 is 10.2. The van der Waals surface area contributed by atoms with Crippen molar-refractivity contribution in [2.75, 3.05) is 19.8 Å². The van der Waals surface area contributed by atoms with Crippen LogP contribution in [-0.4, -0.2) is 36.5 Å². The number of benzene rings is 1. The number of nitrogens with zero attached hydrogens (tertiary/aromatic N) is 1. The molecule has 0 bridgehead atoms. The summed E-state index contributed by atoms with van der Waals surface area (Å²) in [4.78, 5) is 33.7. The van der Waals surface area contributed by atoms with Crippen molar-refractivity contribution < 1.29 is 24.0 Å². The summed E-state index contributed by atoms with van der Waals surface area (Å²) in [6.45, 7) is 4.06. The second-order valence-corrected chi connectivity index (χ2v) is 4.71. The number of rotatable bonds is 9. The number of hydrogen-bond acceptors (Lipinski definition) is 6. The van der Waals surface area contributed by atoms with E-state index in [0.717, 1.165) is 6.42 Å². The molecular formula is C16H19NO6.